The van der Waals surface area contributed by atoms with Crippen LogP contribution in [0.15, 0.2) is 35.6 Å². The van der Waals surface area contributed by atoms with Crippen molar-refractivity contribution < 1.29 is 35.9 Å². The molecule has 0 saturated heterocycles. The summed E-state index contributed by atoms with van der Waals surface area (Å²) in [5.74, 6) is -2.02. The van der Waals surface area contributed by atoms with Gasteiger partial charge in [0.05, 0.1) is 53.5 Å². The van der Waals surface area contributed by atoms with Gasteiger partial charge in [-0.05, 0) is 46.2 Å². The molecule has 3 aromatic rings. The van der Waals surface area contributed by atoms with E-state index in [0.29, 0.717) is 5.69 Å². The first-order chi connectivity index (χ1) is 19.6. The maximum atomic E-state index is 14.2. The predicted molar refractivity (Wildman–Crippen MR) is 145 cm³/mol. The van der Waals surface area contributed by atoms with Crippen LogP contribution in [-0.4, -0.2) is 46.4 Å². The van der Waals surface area contributed by atoms with Gasteiger partial charge in [0, 0.05) is 18.2 Å². The lowest BCUT2D eigenvalue weighted by atomic mass is 10.1. The average Bonchev–Trinajstić information content (AvgIpc) is 3.25. The molecule has 15 heteroatoms. The van der Waals surface area contributed by atoms with Gasteiger partial charge in [0.15, 0.2) is 27.0 Å². The highest BCUT2D eigenvalue weighted by Crippen LogP contribution is 2.44. The average molecular weight is 609 g/mol. The molecule has 1 amide bonds. The second kappa shape index (κ2) is 12.8. The minimum absolute atomic E-state index is 0.0589. The number of pyridine rings is 2. The normalized spacial score (nSPS) is 12.1. The van der Waals surface area contributed by atoms with Crippen molar-refractivity contribution in [3.63, 3.8) is 0 Å². The van der Waals surface area contributed by atoms with Gasteiger partial charge in [0.2, 0.25) is 5.88 Å². The fourth-order valence-corrected chi connectivity index (χ4v) is 4.54. The number of unbranched alkanes of at least 4 members (excludes halogenated alkanes) is 1. The van der Waals surface area contributed by atoms with E-state index in [1.165, 1.54) is 36.9 Å². The highest BCUT2D eigenvalue weighted by atomic mass is 32.2. The van der Waals surface area contributed by atoms with Gasteiger partial charge in [-0.3, -0.25) is 14.8 Å². The van der Waals surface area contributed by atoms with Crippen molar-refractivity contribution in [2.75, 3.05) is 12.4 Å². The Morgan fingerprint density at radius 2 is 1.83 bits per heavy atom. The molecule has 11 nitrogen and oxygen atoms in total. The summed E-state index contributed by atoms with van der Waals surface area (Å²) in [7, 11) is -3.43. The Kier molecular flexibility index (Phi) is 9.82. The van der Waals surface area contributed by atoms with Crippen LogP contribution in [0.1, 0.15) is 67.8 Å². The van der Waals surface area contributed by atoms with E-state index in [1.54, 1.807) is 20.8 Å². The maximum absolute atomic E-state index is 14.2. The smallest absolute Gasteiger partial charge is 0.423 e. The zero-order valence-electron chi connectivity index (χ0n) is 23.7. The molecule has 42 heavy (non-hydrogen) atoms. The zero-order chi connectivity index (χ0) is 31.3. The predicted octanol–water partition coefficient (Wildman–Crippen LogP) is 4.95. The molecule has 0 aliphatic rings. The number of aromatic nitrogens is 4. The summed E-state index contributed by atoms with van der Waals surface area (Å²) in [4.78, 5) is 21.1. The Morgan fingerprint density at radius 3 is 2.40 bits per heavy atom. The number of nitrogens with zero attached hydrogens (tertiary/aromatic N) is 5. The van der Waals surface area contributed by atoms with E-state index in [4.69, 9.17) is 14.7 Å². The number of halogens is 3. The topological polar surface area (TPSA) is 149 Å². The molecular formula is C27H31F3N6O5S. The molecule has 0 unspecified atom stereocenters. The summed E-state index contributed by atoms with van der Waals surface area (Å²) < 4.78 is 78.8. The van der Waals surface area contributed by atoms with E-state index in [9.17, 15) is 26.4 Å². The SMILES string of the molecule is CCS(=O)(=O)c1ccc(CNC(=O)c2nn(C(C)(C)C)c(Oc3cncc(OCCCC#N)c3C(F)(F)F)c2C)nc1. The highest BCUT2D eigenvalue weighted by molar-refractivity contribution is 7.91. The third-order valence-corrected chi connectivity index (χ3v) is 7.66. The Labute approximate surface area is 241 Å². The number of rotatable bonds is 11. The van der Waals surface area contributed by atoms with E-state index >= 15 is 0 Å². The van der Waals surface area contributed by atoms with E-state index in [1.807, 2.05) is 6.07 Å². The van der Waals surface area contributed by atoms with Gasteiger partial charge in [-0.1, -0.05) is 6.92 Å². The fraction of sp³-hybridized carbons (Fsp3) is 0.444. The molecule has 0 spiro atoms. The fourth-order valence-electron chi connectivity index (χ4n) is 3.72. The summed E-state index contributed by atoms with van der Waals surface area (Å²) in [5.41, 5.74) is -1.53. The minimum Gasteiger partial charge on any atom is -0.491 e. The molecule has 0 saturated carbocycles. The van der Waals surface area contributed by atoms with Crippen LogP contribution in [0.3, 0.4) is 0 Å². The number of alkyl halides is 3. The van der Waals surface area contributed by atoms with Crippen molar-refractivity contribution in [1.29, 1.82) is 5.26 Å². The molecule has 0 atom stereocenters. The lowest BCUT2D eigenvalue weighted by Gasteiger charge is -2.23. The van der Waals surface area contributed by atoms with Gasteiger partial charge in [0.25, 0.3) is 5.91 Å². The number of ether oxygens (including phenoxy) is 2. The number of hydrogen-bond acceptors (Lipinski definition) is 9. The number of carbonyl (C=O) groups is 1. The minimum atomic E-state index is -4.87. The second-order valence-corrected chi connectivity index (χ2v) is 12.4. The summed E-state index contributed by atoms with van der Waals surface area (Å²) in [5, 5.41) is 15.7. The largest absolute Gasteiger partial charge is 0.491 e. The molecule has 3 aromatic heterocycles. The lowest BCUT2D eigenvalue weighted by molar-refractivity contribution is -0.140. The number of nitriles is 1. The van der Waals surface area contributed by atoms with Crippen molar-refractivity contribution >= 4 is 15.7 Å². The first kappa shape index (κ1) is 32.3. The molecule has 0 bridgehead atoms. The number of nitrogens with one attached hydrogen (secondary N) is 1. The van der Waals surface area contributed by atoms with Crippen molar-refractivity contribution in [3.05, 3.63) is 53.2 Å². The molecule has 0 fully saturated rings. The molecule has 1 N–H and O–H groups in total. The molecule has 0 radical (unpaired) electrons. The zero-order valence-corrected chi connectivity index (χ0v) is 24.6. The van der Waals surface area contributed by atoms with Crippen molar-refractivity contribution in [1.82, 2.24) is 25.1 Å². The molecule has 3 rings (SSSR count). The van der Waals surface area contributed by atoms with Crippen molar-refractivity contribution in [2.24, 2.45) is 0 Å². The first-order valence-electron chi connectivity index (χ1n) is 12.9. The summed E-state index contributed by atoms with van der Waals surface area (Å²) in [6.45, 7) is 8.04. The summed E-state index contributed by atoms with van der Waals surface area (Å²) >= 11 is 0. The third kappa shape index (κ3) is 7.55. The van der Waals surface area contributed by atoms with E-state index in [-0.39, 0.29) is 53.8 Å². The summed E-state index contributed by atoms with van der Waals surface area (Å²) in [6, 6.07) is 4.77. The van der Waals surface area contributed by atoms with Crippen molar-refractivity contribution in [3.8, 4) is 23.4 Å². The van der Waals surface area contributed by atoms with Gasteiger partial charge in [0.1, 0.15) is 5.56 Å². The third-order valence-electron chi connectivity index (χ3n) is 5.94. The van der Waals surface area contributed by atoms with Gasteiger partial charge >= 0.3 is 6.18 Å². The monoisotopic (exact) mass is 608 g/mol. The first-order valence-corrected chi connectivity index (χ1v) is 14.5. The van der Waals surface area contributed by atoms with Crippen LogP contribution in [-0.2, 0) is 28.1 Å². The molecule has 3 heterocycles. The number of hydrogen-bond donors (Lipinski definition) is 1. The van der Waals surface area contributed by atoms with E-state index < -0.39 is 44.5 Å². The van der Waals surface area contributed by atoms with Crippen LogP contribution < -0.4 is 14.8 Å². The molecule has 0 aliphatic heterocycles. The Bertz CT molecular complexity index is 1570. The Morgan fingerprint density at radius 1 is 1.14 bits per heavy atom. The number of carbonyl (C=O) groups excluding carboxylic acids is 1. The van der Waals surface area contributed by atoms with Crippen LogP contribution in [0, 0.1) is 18.3 Å². The van der Waals surface area contributed by atoms with Gasteiger partial charge in [-0.2, -0.15) is 23.5 Å². The van der Waals surface area contributed by atoms with Crippen LogP contribution in [0.25, 0.3) is 0 Å². The highest BCUT2D eigenvalue weighted by Gasteiger charge is 2.40. The molecule has 0 aliphatic carbocycles. The summed E-state index contributed by atoms with van der Waals surface area (Å²) in [6.07, 6.45) is -1.50. The number of amides is 1. The Hall–Kier alpha value is -4.19. The standard InChI is InChI=1S/C27H31F3N6O5S/c1-6-42(38,39)19-10-9-18(33-14-19)13-34-24(37)23-17(2)25(36(35-23)26(3,4)5)41-21-16-32-15-20(22(21)27(28,29)30)40-12-8-7-11-31/h9-10,14-16H,6-8,12-13H2,1-5H3,(H,34,37). The Balaban J connectivity index is 1.92. The van der Waals surface area contributed by atoms with Crippen LogP contribution in [0.2, 0.25) is 0 Å². The van der Waals surface area contributed by atoms with Crippen LogP contribution >= 0.6 is 0 Å². The quantitative estimate of drug-likeness (QED) is 0.298. The van der Waals surface area contributed by atoms with Crippen LogP contribution in [0.4, 0.5) is 13.2 Å². The van der Waals surface area contributed by atoms with E-state index in [2.05, 4.69) is 20.4 Å². The van der Waals surface area contributed by atoms with Crippen LogP contribution in [0.5, 0.6) is 17.4 Å². The molecule has 226 valence electrons. The van der Waals surface area contributed by atoms with Gasteiger partial charge in [-0.25, -0.2) is 13.1 Å². The maximum Gasteiger partial charge on any atom is 0.423 e. The van der Waals surface area contributed by atoms with Gasteiger partial charge in [-0.15, -0.1) is 0 Å². The van der Waals surface area contributed by atoms with Gasteiger partial charge < -0.3 is 14.8 Å². The lowest BCUT2D eigenvalue weighted by Crippen LogP contribution is -2.27. The van der Waals surface area contributed by atoms with Crippen molar-refractivity contribution in [2.45, 2.75) is 70.6 Å². The molecular weight excluding hydrogens is 577 g/mol. The van der Waals surface area contributed by atoms with E-state index in [0.717, 1.165) is 12.4 Å². The molecule has 0 aromatic carbocycles. The number of sulfone groups is 1. The second-order valence-electron chi connectivity index (χ2n) is 10.2.